The summed E-state index contributed by atoms with van der Waals surface area (Å²) in [6.45, 7) is 14.6. The third-order valence-electron chi connectivity index (χ3n) is 6.14. The van der Waals surface area contributed by atoms with Crippen LogP contribution in [0.5, 0.6) is 0 Å². The normalized spacial score (nSPS) is 16.2. The molecule has 1 saturated heterocycles. The Balaban J connectivity index is 2.05. The highest BCUT2D eigenvalue weighted by molar-refractivity contribution is 6.30. The first kappa shape index (κ1) is 26.5. The van der Waals surface area contributed by atoms with Gasteiger partial charge in [0.15, 0.2) is 0 Å². The van der Waals surface area contributed by atoms with Crippen LogP contribution in [0.4, 0.5) is 4.79 Å². The molecule has 2 rings (SSSR count). The fraction of sp³-hybridized carbons (Fsp3) is 0.680. The lowest BCUT2D eigenvalue weighted by Gasteiger charge is -2.41. The number of benzene rings is 1. The second kappa shape index (κ2) is 11.9. The summed E-state index contributed by atoms with van der Waals surface area (Å²) >= 11 is 6.05. The molecule has 0 aliphatic carbocycles. The molecule has 0 atom stereocenters. The summed E-state index contributed by atoms with van der Waals surface area (Å²) in [4.78, 5) is 30.0. The molecule has 0 bridgehead atoms. The quantitative estimate of drug-likeness (QED) is 0.534. The monoisotopic (exact) mass is 465 g/mol. The number of likely N-dealkylation sites (tertiary alicyclic amines) is 1. The molecule has 0 saturated carbocycles. The smallest absolute Gasteiger partial charge is 0.410 e. The maximum Gasteiger partial charge on any atom is 0.410 e. The number of carbonyl (C=O) groups excluding carboxylic acids is 2. The topological polar surface area (TPSA) is 61.9 Å². The number of nitrogens with zero attached hydrogens (tertiary/aromatic N) is 2. The van der Waals surface area contributed by atoms with Crippen molar-refractivity contribution in [1.29, 1.82) is 0 Å². The molecule has 180 valence electrons. The zero-order valence-corrected chi connectivity index (χ0v) is 21.1. The van der Waals surface area contributed by atoms with Crippen LogP contribution in [0.25, 0.3) is 0 Å². The van der Waals surface area contributed by atoms with Gasteiger partial charge in [-0.15, -0.1) is 0 Å². The lowest BCUT2D eigenvalue weighted by atomic mass is 9.73. The van der Waals surface area contributed by atoms with E-state index in [1.54, 1.807) is 4.90 Å². The average molecular weight is 466 g/mol. The van der Waals surface area contributed by atoms with E-state index in [0.717, 1.165) is 31.6 Å². The Bertz CT molecular complexity index is 734. The first-order valence-electron chi connectivity index (χ1n) is 11.8. The maximum atomic E-state index is 13.4. The molecule has 1 aliphatic heterocycles. The Morgan fingerprint density at radius 1 is 1.12 bits per heavy atom. The van der Waals surface area contributed by atoms with Crippen molar-refractivity contribution in [2.24, 2.45) is 5.41 Å². The van der Waals surface area contributed by atoms with Gasteiger partial charge in [-0.3, -0.25) is 4.79 Å². The van der Waals surface area contributed by atoms with E-state index in [1.165, 1.54) is 0 Å². The van der Waals surface area contributed by atoms with Crippen LogP contribution in [0, 0.1) is 5.41 Å². The summed E-state index contributed by atoms with van der Waals surface area (Å²) in [5, 5.41) is 3.87. The van der Waals surface area contributed by atoms with Gasteiger partial charge in [0.2, 0.25) is 5.91 Å². The van der Waals surface area contributed by atoms with Gasteiger partial charge in [0.1, 0.15) is 5.60 Å². The van der Waals surface area contributed by atoms with E-state index < -0.39 is 11.0 Å². The maximum absolute atomic E-state index is 13.4. The van der Waals surface area contributed by atoms with E-state index in [9.17, 15) is 9.59 Å². The van der Waals surface area contributed by atoms with Gasteiger partial charge in [0.05, 0.1) is 5.41 Å². The third-order valence-corrected chi connectivity index (χ3v) is 6.39. The number of nitrogens with one attached hydrogen (secondary N) is 1. The van der Waals surface area contributed by atoms with Crippen LogP contribution in [0.1, 0.15) is 59.4 Å². The first-order valence-corrected chi connectivity index (χ1v) is 12.2. The fourth-order valence-corrected chi connectivity index (χ4v) is 4.28. The van der Waals surface area contributed by atoms with Crippen molar-refractivity contribution >= 4 is 23.6 Å². The van der Waals surface area contributed by atoms with Gasteiger partial charge in [-0.1, -0.05) is 37.6 Å². The molecule has 0 radical (unpaired) electrons. The number of rotatable bonds is 9. The predicted molar refractivity (Wildman–Crippen MR) is 130 cm³/mol. The molecule has 0 aromatic heterocycles. The summed E-state index contributed by atoms with van der Waals surface area (Å²) in [6.07, 6.45) is 2.47. The van der Waals surface area contributed by atoms with E-state index in [0.29, 0.717) is 43.9 Å². The molecule has 1 aliphatic rings. The number of amides is 2. The van der Waals surface area contributed by atoms with E-state index in [-0.39, 0.29) is 12.0 Å². The SMILES string of the molecule is CCN(CC)CCCNC(=O)C1(Cc2ccc(Cl)cc2)CCN(C(=O)OC(C)(C)C)CC1. The number of piperidine rings is 1. The number of hydrogen-bond acceptors (Lipinski definition) is 4. The number of hydrogen-bond donors (Lipinski definition) is 1. The van der Waals surface area contributed by atoms with Crippen molar-refractivity contribution in [2.75, 3.05) is 39.3 Å². The second-order valence-corrected chi connectivity index (χ2v) is 10.1. The molecule has 1 aromatic carbocycles. The standard InChI is InChI=1S/C25H40ClN3O3/c1-6-28(7-2)16-8-15-27-22(30)25(19-20-9-11-21(26)12-10-20)13-17-29(18-14-25)23(31)32-24(3,4)5/h9-12H,6-8,13-19H2,1-5H3,(H,27,30). The Morgan fingerprint density at radius 2 is 1.72 bits per heavy atom. The Labute approximate surface area is 198 Å². The minimum absolute atomic E-state index is 0.0795. The second-order valence-electron chi connectivity index (χ2n) is 9.69. The highest BCUT2D eigenvalue weighted by Gasteiger charge is 2.42. The van der Waals surface area contributed by atoms with Gasteiger partial charge in [0.25, 0.3) is 0 Å². The largest absolute Gasteiger partial charge is 0.444 e. The average Bonchev–Trinajstić information content (AvgIpc) is 2.74. The third kappa shape index (κ3) is 7.96. The molecule has 1 aromatic rings. The fourth-order valence-electron chi connectivity index (χ4n) is 4.15. The number of halogens is 1. The summed E-state index contributed by atoms with van der Waals surface area (Å²) in [6, 6.07) is 7.70. The summed E-state index contributed by atoms with van der Waals surface area (Å²) in [5.74, 6) is 0.0795. The van der Waals surface area contributed by atoms with Gasteiger partial charge < -0.3 is 19.9 Å². The lowest BCUT2D eigenvalue weighted by molar-refractivity contribution is -0.134. The zero-order valence-electron chi connectivity index (χ0n) is 20.4. The molecule has 32 heavy (non-hydrogen) atoms. The first-order chi connectivity index (χ1) is 15.1. The van der Waals surface area contributed by atoms with Gasteiger partial charge in [-0.25, -0.2) is 4.79 Å². The molecule has 1 N–H and O–H groups in total. The summed E-state index contributed by atoms with van der Waals surface area (Å²) < 4.78 is 5.53. The highest BCUT2D eigenvalue weighted by Crippen LogP contribution is 2.36. The van der Waals surface area contributed by atoms with Crippen LogP contribution in [-0.4, -0.2) is 66.7 Å². The van der Waals surface area contributed by atoms with Crippen LogP contribution >= 0.6 is 11.6 Å². The Hall–Kier alpha value is -1.79. The van der Waals surface area contributed by atoms with Crippen molar-refractivity contribution in [3.63, 3.8) is 0 Å². The van der Waals surface area contributed by atoms with Crippen molar-refractivity contribution < 1.29 is 14.3 Å². The molecule has 1 heterocycles. The molecule has 2 amide bonds. The van der Waals surface area contributed by atoms with Crippen LogP contribution in [-0.2, 0) is 16.0 Å². The van der Waals surface area contributed by atoms with Crippen molar-refractivity contribution in [1.82, 2.24) is 15.1 Å². The molecule has 0 unspecified atom stereocenters. The van der Waals surface area contributed by atoms with Crippen LogP contribution < -0.4 is 5.32 Å². The van der Waals surface area contributed by atoms with Crippen molar-refractivity contribution in [3.8, 4) is 0 Å². The molecule has 6 nitrogen and oxygen atoms in total. The highest BCUT2D eigenvalue weighted by atomic mass is 35.5. The summed E-state index contributed by atoms with van der Waals surface area (Å²) in [5.41, 5.74) is 0.0111. The minimum atomic E-state index is -0.540. The van der Waals surface area contributed by atoms with E-state index in [2.05, 4.69) is 24.1 Å². The Morgan fingerprint density at radius 3 is 2.25 bits per heavy atom. The van der Waals surface area contributed by atoms with E-state index >= 15 is 0 Å². The van der Waals surface area contributed by atoms with Gasteiger partial charge >= 0.3 is 6.09 Å². The molecule has 0 spiro atoms. The number of ether oxygens (including phenoxy) is 1. The van der Waals surface area contributed by atoms with Crippen molar-refractivity contribution in [3.05, 3.63) is 34.9 Å². The summed E-state index contributed by atoms with van der Waals surface area (Å²) in [7, 11) is 0. The van der Waals surface area contributed by atoms with Crippen LogP contribution in [0.15, 0.2) is 24.3 Å². The van der Waals surface area contributed by atoms with Gasteiger partial charge in [0, 0.05) is 24.7 Å². The Kier molecular flexibility index (Phi) is 9.83. The van der Waals surface area contributed by atoms with E-state index in [4.69, 9.17) is 16.3 Å². The van der Waals surface area contributed by atoms with Gasteiger partial charge in [-0.05, 0) is 83.8 Å². The van der Waals surface area contributed by atoms with Crippen molar-refractivity contribution in [2.45, 2.75) is 65.9 Å². The minimum Gasteiger partial charge on any atom is -0.444 e. The van der Waals surface area contributed by atoms with Gasteiger partial charge in [-0.2, -0.15) is 0 Å². The predicted octanol–water partition coefficient (Wildman–Crippen LogP) is 4.75. The van der Waals surface area contributed by atoms with Crippen LogP contribution in [0.2, 0.25) is 5.02 Å². The lowest BCUT2D eigenvalue weighted by Crippen LogP contribution is -2.52. The molecular formula is C25H40ClN3O3. The molecule has 7 heteroatoms. The molecular weight excluding hydrogens is 426 g/mol. The zero-order chi connectivity index (χ0) is 23.8. The van der Waals surface area contributed by atoms with E-state index in [1.807, 2.05) is 45.0 Å². The molecule has 1 fully saturated rings. The number of carbonyl (C=O) groups is 2. The van der Waals surface area contributed by atoms with Crippen LogP contribution in [0.3, 0.4) is 0 Å².